The van der Waals surface area contributed by atoms with Crippen molar-refractivity contribution in [3.05, 3.63) is 68.2 Å². The summed E-state index contributed by atoms with van der Waals surface area (Å²) in [7, 11) is 0. The van der Waals surface area contributed by atoms with Gasteiger partial charge in [0.1, 0.15) is 0 Å². The van der Waals surface area contributed by atoms with Crippen LogP contribution in [0.5, 0.6) is 0 Å². The molecule has 0 heterocycles. The summed E-state index contributed by atoms with van der Waals surface area (Å²) in [6.45, 7) is 0. The molecule has 0 unspecified atom stereocenters. The smallest absolute Gasteiger partial charge is 0.303 e. The van der Waals surface area contributed by atoms with Crippen molar-refractivity contribution in [2.75, 3.05) is 5.73 Å². The van der Waals surface area contributed by atoms with Gasteiger partial charge in [0.05, 0.1) is 9.95 Å². The lowest BCUT2D eigenvalue weighted by Crippen LogP contribution is -2.06. The number of carbonyl (C=O) groups is 2. The molecule has 2 rings (SSSR count). The van der Waals surface area contributed by atoms with Crippen molar-refractivity contribution in [1.82, 2.24) is 0 Å². The highest BCUT2D eigenvalue weighted by Crippen LogP contribution is 2.26. The summed E-state index contributed by atoms with van der Waals surface area (Å²) in [5, 5.41) is 19.6. The molecule has 8 heteroatoms. The number of nitro groups is 1. The number of aliphatic carboxylic acids is 1. The first-order valence-electron chi connectivity index (χ1n) is 7.38. The molecular weight excluding hydrogens is 348 g/mol. The molecule has 0 spiro atoms. The third kappa shape index (κ3) is 4.54. The quantitative estimate of drug-likeness (QED) is 0.336. The number of rotatable bonds is 7. The van der Waals surface area contributed by atoms with E-state index in [4.69, 9.17) is 22.4 Å². The van der Waals surface area contributed by atoms with Crippen molar-refractivity contribution < 1.29 is 19.6 Å². The number of non-ortho nitro benzene ring substituents is 1. The van der Waals surface area contributed by atoms with Crippen LogP contribution in [0, 0.1) is 10.1 Å². The van der Waals surface area contributed by atoms with Crippen LogP contribution in [0.25, 0.3) is 0 Å². The topological polar surface area (TPSA) is 124 Å². The van der Waals surface area contributed by atoms with Crippen LogP contribution in [-0.2, 0) is 11.2 Å². The fourth-order valence-corrected chi connectivity index (χ4v) is 2.55. The molecular formula is C17H15ClN2O5. The summed E-state index contributed by atoms with van der Waals surface area (Å²) >= 11 is 5.98. The van der Waals surface area contributed by atoms with E-state index in [1.807, 2.05) is 0 Å². The molecule has 0 fully saturated rings. The van der Waals surface area contributed by atoms with Gasteiger partial charge >= 0.3 is 5.97 Å². The first-order valence-corrected chi connectivity index (χ1v) is 7.76. The predicted molar refractivity (Wildman–Crippen MR) is 93.0 cm³/mol. The Hall–Kier alpha value is -2.93. The van der Waals surface area contributed by atoms with Gasteiger partial charge in [0.15, 0.2) is 5.78 Å². The maximum absolute atomic E-state index is 12.6. The molecule has 0 radical (unpaired) electrons. The van der Waals surface area contributed by atoms with Gasteiger partial charge in [-0.3, -0.25) is 19.7 Å². The molecule has 3 N–H and O–H groups in total. The molecule has 0 bridgehead atoms. The Balaban J connectivity index is 2.25. The molecule has 130 valence electrons. The maximum Gasteiger partial charge on any atom is 0.303 e. The molecule has 0 aliphatic heterocycles. The van der Waals surface area contributed by atoms with Crippen molar-refractivity contribution in [2.24, 2.45) is 0 Å². The fourth-order valence-electron chi connectivity index (χ4n) is 2.35. The summed E-state index contributed by atoms with van der Waals surface area (Å²) in [5.41, 5.74) is 7.07. The molecule has 0 atom stereocenters. The summed E-state index contributed by atoms with van der Waals surface area (Å²) < 4.78 is 0. The highest BCUT2D eigenvalue weighted by atomic mass is 35.5. The normalized spacial score (nSPS) is 10.4. The number of nitrogens with zero attached hydrogens (tertiary/aromatic N) is 1. The van der Waals surface area contributed by atoms with Gasteiger partial charge in [0, 0.05) is 35.4 Å². The third-order valence-electron chi connectivity index (χ3n) is 3.65. The van der Waals surface area contributed by atoms with E-state index >= 15 is 0 Å². The number of carboxylic acid groups (broad SMARTS) is 1. The first kappa shape index (κ1) is 18.4. The van der Waals surface area contributed by atoms with Crippen molar-refractivity contribution in [3.63, 3.8) is 0 Å². The van der Waals surface area contributed by atoms with Gasteiger partial charge in [-0.2, -0.15) is 0 Å². The van der Waals surface area contributed by atoms with Crippen LogP contribution in [-0.4, -0.2) is 21.8 Å². The van der Waals surface area contributed by atoms with E-state index in [0.29, 0.717) is 18.5 Å². The molecule has 25 heavy (non-hydrogen) atoms. The predicted octanol–water partition coefficient (Wildman–Crippen LogP) is 3.47. The molecule has 0 aliphatic carbocycles. The average molecular weight is 363 g/mol. The zero-order valence-corrected chi connectivity index (χ0v) is 13.8. The van der Waals surface area contributed by atoms with Crippen LogP contribution >= 0.6 is 11.6 Å². The molecule has 2 aromatic rings. The van der Waals surface area contributed by atoms with E-state index in [9.17, 15) is 19.7 Å². The molecule has 0 saturated carbocycles. The number of ketones is 1. The van der Waals surface area contributed by atoms with Gasteiger partial charge in [-0.1, -0.05) is 23.7 Å². The number of hydrogen-bond donors (Lipinski definition) is 2. The lowest BCUT2D eigenvalue weighted by atomic mass is 9.98. The summed E-state index contributed by atoms with van der Waals surface area (Å²) in [6.07, 6.45) is 0.942. The van der Waals surface area contributed by atoms with E-state index in [1.54, 1.807) is 12.1 Å². The number of benzene rings is 2. The molecule has 2 aromatic carbocycles. The van der Waals surface area contributed by atoms with Gasteiger partial charge < -0.3 is 10.8 Å². The molecule has 7 nitrogen and oxygen atoms in total. The van der Waals surface area contributed by atoms with Gasteiger partial charge in [-0.25, -0.2) is 0 Å². The Bertz CT molecular complexity index is 851. The minimum atomic E-state index is -0.884. The Morgan fingerprint density at radius 3 is 2.52 bits per heavy atom. The average Bonchev–Trinajstić information content (AvgIpc) is 2.55. The van der Waals surface area contributed by atoms with Crippen LogP contribution in [0.1, 0.15) is 34.3 Å². The Labute approximate surface area is 148 Å². The maximum atomic E-state index is 12.6. The van der Waals surface area contributed by atoms with Crippen LogP contribution in [0.2, 0.25) is 5.02 Å². The number of nitrogen functional groups attached to an aromatic ring is 1. The minimum absolute atomic E-state index is 0.0221. The zero-order chi connectivity index (χ0) is 18.6. The number of nitro benzene ring substituents is 1. The standard InChI is InChI=1S/C17H15ClN2O5/c18-14-7-6-12(20(24)25)9-13(14)17(23)11-5-4-10(15(19)8-11)2-1-3-16(21)22/h4-9H,1-3,19H2,(H,21,22). The molecule has 0 aliphatic rings. The number of carboxylic acids is 1. The van der Waals surface area contributed by atoms with Gasteiger partial charge in [-0.15, -0.1) is 0 Å². The highest BCUT2D eigenvalue weighted by molar-refractivity contribution is 6.35. The lowest BCUT2D eigenvalue weighted by Gasteiger charge is -2.08. The summed E-state index contributed by atoms with van der Waals surface area (Å²) in [5.74, 6) is -1.36. The van der Waals surface area contributed by atoms with Gasteiger partial charge in [-0.05, 0) is 30.5 Å². The van der Waals surface area contributed by atoms with E-state index in [1.165, 1.54) is 18.2 Å². The van der Waals surface area contributed by atoms with E-state index < -0.39 is 16.7 Å². The van der Waals surface area contributed by atoms with Crippen LogP contribution in [0.3, 0.4) is 0 Å². The van der Waals surface area contributed by atoms with Gasteiger partial charge in [0.25, 0.3) is 5.69 Å². The number of nitrogens with two attached hydrogens (primary N) is 1. The SMILES string of the molecule is Nc1cc(C(=O)c2cc([N+](=O)[O-])ccc2Cl)ccc1CCCC(=O)O. The summed E-state index contributed by atoms with van der Waals surface area (Å²) in [4.78, 5) is 33.4. The van der Waals surface area contributed by atoms with Crippen LogP contribution < -0.4 is 5.73 Å². The number of hydrogen-bond acceptors (Lipinski definition) is 5. The van der Waals surface area contributed by atoms with E-state index in [-0.39, 0.29) is 28.3 Å². The second-order valence-corrected chi connectivity index (χ2v) is 5.82. The van der Waals surface area contributed by atoms with E-state index in [0.717, 1.165) is 11.6 Å². The highest BCUT2D eigenvalue weighted by Gasteiger charge is 2.18. The number of carbonyl (C=O) groups excluding carboxylic acids is 1. The molecule has 0 aromatic heterocycles. The van der Waals surface area contributed by atoms with Crippen molar-refractivity contribution in [2.45, 2.75) is 19.3 Å². The number of halogens is 1. The molecule has 0 amide bonds. The minimum Gasteiger partial charge on any atom is -0.481 e. The zero-order valence-electron chi connectivity index (χ0n) is 13.1. The first-order chi connectivity index (χ1) is 11.8. The second-order valence-electron chi connectivity index (χ2n) is 5.41. The van der Waals surface area contributed by atoms with Crippen LogP contribution in [0.4, 0.5) is 11.4 Å². The van der Waals surface area contributed by atoms with Crippen molar-refractivity contribution in [3.8, 4) is 0 Å². The number of aryl methyl sites for hydroxylation is 1. The van der Waals surface area contributed by atoms with Gasteiger partial charge in [0.2, 0.25) is 0 Å². The molecule has 0 saturated heterocycles. The Morgan fingerprint density at radius 2 is 1.92 bits per heavy atom. The lowest BCUT2D eigenvalue weighted by molar-refractivity contribution is -0.384. The van der Waals surface area contributed by atoms with Crippen molar-refractivity contribution in [1.29, 1.82) is 0 Å². The summed E-state index contributed by atoms with van der Waals surface area (Å²) in [6, 6.07) is 8.31. The third-order valence-corrected chi connectivity index (χ3v) is 3.98. The Morgan fingerprint density at radius 1 is 1.20 bits per heavy atom. The second kappa shape index (κ2) is 7.76. The van der Waals surface area contributed by atoms with Crippen molar-refractivity contribution >= 4 is 34.7 Å². The largest absolute Gasteiger partial charge is 0.481 e. The fraction of sp³-hybridized carbons (Fsp3) is 0.176. The monoisotopic (exact) mass is 362 g/mol. The Kier molecular flexibility index (Phi) is 5.71. The van der Waals surface area contributed by atoms with E-state index in [2.05, 4.69) is 0 Å². The van der Waals surface area contributed by atoms with Crippen LogP contribution in [0.15, 0.2) is 36.4 Å². The number of anilines is 1.